The van der Waals surface area contributed by atoms with Crippen molar-refractivity contribution in [2.75, 3.05) is 17.3 Å². The quantitative estimate of drug-likeness (QED) is 0.560. The number of rotatable bonds is 0. The maximum atomic E-state index is 9.42. The second-order valence-electron chi connectivity index (χ2n) is 3.11. The summed E-state index contributed by atoms with van der Waals surface area (Å²) in [6, 6.07) is 0. The van der Waals surface area contributed by atoms with Gasteiger partial charge in [-0.2, -0.15) is 0 Å². The summed E-state index contributed by atoms with van der Waals surface area (Å²) in [5, 5.41) is 18.8. The molecule has 2 nitrogen and oxygen atoms in total. The Morgan fingerprint density at radius 1 is 1.50 bits per heavy atom. The molecule has 0 aromatic heterocycles. The van der Waals surface area contributed by atoms with Gasteiger partial charge < -0.3 is 10.2 Å². The summed E-state index contributed by atoms with van der Waals surface area (Å²) < 4.78 is 1.33. The molecule has 2 aliphatic heterocycles. The molecule has 1 fully saturated rings. The van der Waals surface area contributed by atoms with Crippen LogP contribution in [0.5, 0.6) is 0 Å². The lowest BCUT2D eigenvalue weighted by Gasteiger charge is -2.25. The molecule has 0 spiro atoms. The first-order chi connectivity index (χ1) is 5.77. The minimum Gasteiger partial charge on any atom is -0.386 e. The van der Waals surface area contributed by atoms with Gasteiger partial charge in [-0.15, -0.1) is 0 Å². The second kappa shape index (κ2) is 3.62. The average molecular weight is 205 g/mol. The van der Waals surface area contributed by atoms with Crippen LogP contribution in [0.1, 0.15) is 6.42 Å². The zero-order valence-corrected chi connectivity index (χ0v) is 8.40. The van der Waals surface area contributed by atoms with E-state index in [-0.39, 0.29) is 10.9 Å². The Balaban J connectivity index is 2.14. The highest BCUT2D eigenvalue weighted by Crippen LogP contribution is 2.35. The molecule has 2 N–H and O–H groups in total. The van der Waals surface area contributed by atoms with E-state index < -0.39 is 12.2 Å². The molecule has 12 heavy (non-hydrogen) atoms. The summed E-state index contributed by atoms with van der Waals surface area (Å²) in [6.45, 7) is 0. The van der Waals surface area contributed by atoms with Gasteiger partial charge in [0.05, 0.1) is 0 Å². The largest absolute Gasteiger partial charge is 0.386 e. The van der Waals surface area contributed by atoms with Crippen molar-refractivity contribution in [1.82, 2.24) is 0 Å². The van der Waals surface area contributed by atoms with Gasteiger partial charge in [-0.25, -0.2) is 0 Å². The molecule has 68 valence electrons. The molecule has 2 rings (SSSR count). The van der Waals surface area contributed by atoms with Gasteiger partial charge in [-0.1, -0.05) is 11.8 Å². The Morgan fingerprint density at radius 3 is 3.17 bits per heavy atom. The minimum atomic E-state index is -0.616. The van der Waals surface area contributed by atoms with E-state index in [4.69, 9.17) is 0 Å². The lowest BCUT2D eigenvalue weighted by atomic mass is 10.2. The van der Waals surface area contributed by atoms with E-state index >= 15 is 0 Å². The number of hydrogen-bond acceptors (Lipinski definition) is 3. The number of aliphatic hydroxyl groups excluding tert-OH is 2. The zero-order chi connectivity index (χ0) is 8.55. The maximum absolute atomic E-state index is 9.42. The van der Waals surface area contributed by atoms with E-state index in [1.807, 2.05) is 17.8 Å². The third-order valence-electron chi connectivity index (χ3n) is 2.14. The van der Waals surface area contributed by atoms with E-state index in [0.29, 0.717) is 0 Å². The van der Waals surface area contributed by atoms with Gasteiger partial charge in [-0.05, 0) is 0 Å². The molecule has 0 bridgehead atoms. The third-order valence-corrected chi connectivity index (χ3v) is 6.34. The summed E-state index contributed by atoms with van der Waals surface area (Å²) in [5.74, 6) is 3.17. The van der Waals surface area contributed by atoms with Crippen molar-refractivity contribution >= 4 is 22.7 Å². The summed E-state index contributed by atoms with van der Waals surface area (Å²) in [4.78, 5) is 0. The lowest BCUT2D eigenvalue weighted by molar-refractivity contribution is 0.0634. The second-order valence-corrected chi connectivity index (χ2v) is 6.67. The number of fused-ring (bicyclic) bond motifs is 1. The van der Waals surface area contributed by atoms with Crippen molar-refractivity contribution in [3.63, 3.8) is 0 Å². The number of aliphatic hydroxyl groups is 2. The normalized spacial score (nSPS) is 41.8. The van der Waals surface area contributed by atoms with Crippen molar-refractivity contribution in [2.24, 2.45) is 0 Å². The zero-order valence-electron chi connectivity index (χ0n) is 6.77. The Labute approximate surface area is 79.4 Å². The maximum Gasteiger partial charge on any atom is 0.187 e. The van der Waals surface area contributed by atoms with Crippen LogP contribution < -0.4 is 0 Å². The summed E-state index contributed by atoms with van der Waals surface area (Å²) >= 11 is 1.86. The van der Waals surface area contributed by atoms with Crippen molar-refractivity contribution in [3.05, 3.63) is 10.3 Å². The molecule has 3 atom stereocenters. The highest BCUT2D eigenvalue weighted by atomic mass is 32.2. The average Bonchev–Trinajstić information content (AvgIpc) is 2.07. The van der Waals surface area contributed by atoms with Gasteiger partial charge in [-0.3, -0.25) is 0 Å². The van der Waals surface area contributed by atoms with Crippen LogP contribution >= 0.6 is 11.8 Å². The predicted molar refractivity (Wildman–Crippen MR) is 54.3 cm³/mol. The smallest absolute Gasteiger partial charge is 0.187 e. The summed E-state index contributed by atoms with van der Waals surface area (Å²) in [6.07, 6.45) is 1.97. The van der Waals surface area contributed by atoms with E-state index in [9.17, 15) is 10.2 Å². The monoisotopic (exact) mass is 205 g/mol. The van der Waals surface area contributed by atoms with Gasteiger partial charge in [0.1, 0.15) is 23.7 Å². The standard InChI is InChI=1S/C8H13O2S2/c9-6-4-8-11-2-1-3-12(8)5-7(6)10/h4,6-7,9-10H,1-3,5H2/q+1/t6-,7+,12?/m1/s1. The van der Waals surface area contributed by atoms with Crippen molar-refractivity contribution in [3.8, 4) is 0 Å². The fourth-order valence-corrected chi connectivity index (χ4v) is 5.70. The Bertz CT molecular complexity index is 205. The fraction of sp³-hybridized carbons (Fsp3) is 0.750. The molecule has 1 saturated heterocycles. The van der Waals surface area contributed by atoms with E-state index in [1.165, 1.54) is 22.2 Å². The van der Waals surface area contributed by atoms with E-state index in [2.05, 4.69) is 0 Å². The van der Waals surface area contributed by atoms with Crippen molar-refractivity contribution in [2.45, 2.75) is 18.6 Å². The van der Waals surface area contributed by atoms with Gasteiger partial charge in [0.25, 0.3) is 0 Å². The van der Waals surface area contributed by atoms with Crippen molar-refractivity contribution < 1.29 is 10.2 Å². The molecule has 0 aromatic rings. The minimum absolute atomic E-state index is 0.261. The Morgan fingerprint density at radius 2 is 2.33 bits per heavy atom. The van der Waals surface area contributed by atoms with Crippen LogP contribution in [0.3, 0.4) is 0 Å². The third kappa shape index (κ3) is 1.66. The Hall–Kier alpha value is 0.360. The number of hydrogen-bond donors (Lipinski definition) is 2. The predicted octanol–water partition coefficient (Wildman–Crippen LogP) is 0.318. The molecular formula is C8H13O2S2+. The van der Waals surface area contributed by atoms with Crippen LogP contribution in [0.2, 0.25) is 0 Å². The molecule has 0 aliphatic carbocycles. The molecule has 0 radical (unpaired) electrons. The molecule has 0 amide bonds. The highest BCUT2D eigenvalue weighted by Gasteiger charge is 2.38. The molecule has 4 heteroatoms. The van der Waals surface area contributed by atoms with Gasteiger partial charge in [0.2, 0.25) is 0 Å². The van der Waals surface area contributed by atoms with Crippen molar-refractivity contribution in [1.29, 1.82) is 0 Å². The van der Waals surface area contributed by atoms with Crippen LogP contribution in [0.4, 0.5) is 0 Å². The molecular weight excluding hydrogens is 192 g/mol. The van der Waals surface area contributed by atoms with Crippen LogP contribution in [-0.4, -0.2) is 39.7 Å². The van der Waals surface area contributed by atoms with Crippen LogP contribution in [0.15, 0.2) is 10.3 Å². The fourth-order valence-electron chi connectivity index (χ4n) is 1.45. The summed E-state index contributed by atoms with van der Waals surface area (Å²) in [7, 11) is 0.261. The highest BCUT2D eigenvalue weighted by molar-refractivity contribution is 8.21. The SMILES string of the molecule is O[C@@H]1C=C2SCCC[S+]2C[C@@H]1O. The van der Waals surface area contributed by atoms with Crippen LogP contribution in [0, 0.1) is 0 Å². The van der Waals surface area contributed by atoms with Gasteiger partial charge in [0, 0.05) is 29.1 Å². The first-order valence-electron chi connectivity index (χ1n) is 4.15. The van der Waals surface area contributed by atoms with Gasteiger partial charge >= 0.3 is 0 Å². The Kier molecular flexibility index (Phi) is 2.69. The molecule has 1 unspecified atom stereocenters. The van der Waals surface area contributed by atoms with Crippen LogP contribution in [0.25, 0.3) is 0 Å². The molecule has 2 aliphatic rings. The van der Waals surface area contributed by atoms with Crippen LogP contribution in [-0.2, 0) is 10.9 Å². The number of thioether (sulfide) groups is 1. The topological polar surface area (TPSA) is 40.5 Å². The lowest BCUT2D eigenvalue weighted by Crippen LogP contribution is -2.38. The summed E-state index contributed by atoms with van der Waals surface area (Å²) in [5.41, 5.74) is 0. The van der Waals surface area contributed by atoms with E-state index in [1.54, 1.807) is 0 Å². The van der Waals surface area contributed by atoms with E-state index in [0.717, 1.165) is 5.75 Å². The molecule has 0 saturated carbocycles. The molecule has 2 heterocycles. The molecule has 0 aromatic carbocycles. The van der Waals surface area contributed by atoms with Gasteiger partial charge in [0.15, 0.2) is 4.24 Å². The first kappa shape index (κ1) is 8.94. The first-order valence-corrected chi connectivity index (χ1v) is 6.70.